The molecular weight excluding hydrogens is 601 g/mol. The average molecular weight is 635 g/mol. The van der Waals surface area contributed by atoms with E-state index in [4.69, 9.17) is 18.7 Å². The van der Waals surface area contributed by atoms with Gasteiger partial charge in [0.2, 0.25) is 5.91 Å². The highest BCUT2D eigenvalue weighted by molar-refractivity contribution is 7.32. The number of aliphatic hydroxyl groups excluding tert-OH is 1. The first-order valence-corrected chi connectivity index (χ1v) is 15.2. The van der Waals surface area contributed by atoms with Gasteiger partial charge >= 0.3 is 13.9 Å². The number of methoxy groups -OCH3 is 2. The van der Waals surface area contributed by atoms with Crippen LogP contribution in [0.15, 0.2) is 95.9 Å². The maximum atomic E-state index is 13.0. The zero-order chi connectivity index (χ0) is 32.1. The normalized spacial score (nSPS) is 19.0. The fraction of sp³-hybridized carbons (Fsp3) is 0.281. The van der Waals surface area contributed by atoms with E-state index in [-0.39, 0.29) is 12.2 Å². The molecule has 0 spiro atoms. The number of aromatic nitrogens is 2. The maximum absolute atomic E-state index is 13.0. The van der Waals surface area contributed by atoms with Gasteiger partial charge in [0.05, 0.1) is 19.6 Å². The van der Waals surface area contributed by atoms with Gasteiger partial charge in [-0.1, -0.05) is 54.6 Å². The van der Waals surface area contributed by atoms with Crippen LogP contribution in [0.5, 0.6) is 11.5 Å². The Balaban J connectivity index is 1.67. The smallest absolute Gasteiger partial charge is 0.497 e. The quantitative estimate of drug-likeness (QED) is 0.163. The van der Waals surface area contributed by atoms with Gasteiger partial charge in [-0.2, -0.15) is 4.98 Å². The summed E-state index contributed by atoms with van der Waals surface area (Å²) in [7, 11) is 0.00448. The molecule has 4 aromatic rings. The highest BCUT2D eigenvalue weighted by Gasteiger charge is 2.54. The molecule has 5 atom stereocenters. The summed E-state index contributed by atoms with van der Waals surface area (Å²) in [5, 5.41) is 15.1. The Hall–Kier alpha value is -4.45. The minimum Gasteiger partial charge on any atom is -0.497 e. The van der Waals surface area contributed by atoms with Crippen LogP contribution in [0.2, 0.25) is 0 Å². The van der Waals surface area contributed by atoms with Crippen molar-refractivity contribution < 1.29 is 38.1 Å². The first-order chi connectivity index (χ1) is 21.7. The molecule has 1 aromatic heterocycles. The van der Waals surface area contributed by atoms with Crippen molar-refractivity contribution in [2.24, 2.45) is 0 Å². The van der Waals surface area contributed by atoms with Gasteiger partial charge in [0.1, 0.15) is 41.9 Å². The van der Waals surface area contributed by atoms with E-state index in [2.05, 4.69) is 10.3 Å². The lowest BCUT2D eigenvalue weighted by atomic mass is 9.64. The van der Waals surface area contributed by atoms with Gasteiger partial charge in [0, 0.05) is 24.1 Å². The number of ether oxygens (including phenoxy) is 3. The molecule has 2 unspecified atom stereocenters. The van der Waals surface area contributed by atoms with Crippen molar-refractivity contribution >= 4 is 20.0 Å². The topological polar surface area (TPSA) is 158 Å². The average Bonchev–Trinajstić information content (AvgIpc) is 3.44. The number of carbonyl (C=O) groups excluding carboxylic acids is 1. The lowest BCUT2D eigenvalue weighted by molar-refractivity contribution is -0.114. The van der Waals surface area contributed by atoms with Crippen molar-refractivity contribution in [2.75, 3.05) is 19.5 Å². The molecular formula is C32H33N3O9P+. The summed E-state index contributed by atoms with van der Waals surface area (Å²) in [5.74, 6) is 0.881. The summed E-state index contributed by atoms with van der Waals surface area (Å²) in [6.07, 6.45) is -3.44. The lowest BCUT2D eigenvalue weighted by Crippen LogP contribution is -2.51. The Morgan fingerprint density at radius 1 is 0.978 bits per heavy atom. The van der Waals surface area contributed by atoms with Gasteiger partial charge in [0.15, 0.2) is 0 Å². The molecule has 2 heterocycles. The molecule has 12 nitrogen and oxygen atoms in total. The highest BCUT2D eigenvalue weighted by atomic mass is 31.1. The molecule has 0 saturated carbocycles. The Morgan fingerprint density at radius 2 is 1.53 bits per heavy atom. The summed E-state index contributed by atoms with van der Waals surface area (Å²) in [6, 6.07) is 25.2. The molecule has 1 aliphatic heterocycles. The first-order valence-electron chi connectivity index (χ1n) is 14.0. The van der Waals surface area contributed by atoms with Crippen LogP contribution in [0.3, 0.4) is 0 Å². The number of aliphatic hydroxyl groups is 1. The van der Waals surface area contributed by atoms with Crippen LogP contribution in [-0.2, 0) is 24.0 Å². The maximum Gasteiger partial charge on any atom is 0.695 e. The van der Waals surface area contributed by atoms with Crippen molar-refractivity contribution in [1.82, 2.24) is 9.55 Å². The van der Waals surface area contributed by atoms with Crippen LogP contribution >= 0.6 is 8.25 Å². The number of nitrogens with one attached hydrogen (secondary N) is 1. The van der Waals surface area contributed by atoms with E-state index in [9.17, 15) is 24.2 Å². The molecule has 1 fully saturated rings. The van der Waals surface area contributed by atoms with Gasteiger partial charge in [0.25, 0.3) is 0 Å². The van der Waals surface area contributed by atoms with Crippen LogP contribution in [-0.4, -0.2) is 58.0 Å². The molecule has 13 heteroatoms. The minimum absolute atomic E-state index is 0.0550. The second-order valence-electron chi connectivity index (χ2n) is 10.4. The summed E-state index contributed by atoms with van der Waals surface area (Å²) in [4.78, 5) is 38.1. The largest absolute Gasteiger partial charge is 0.695 e. The summed E-state index contributed by atoms with van der Waals surface area (Å²) < 4.78 is 35.8. The molecule has 3 N–H and O–H groups in total. The zero-order valence-corrected chi connectivity index (χ0v) is 25.7. The molecule has 1 saturated heterocycles. The number of nitrogens with zero attached hydrogens (tertiary/aromatic N) is 2. The van der Waals surface area contributed by atoms with Crippen LogP contribution in [0.1, 0.15) is 36.3 Å². The number of benzene rings is 3. The Bertz CT molecular complexity index is 1650. The lowest BCUT2D eigenvalue weighted by Gasteiger charge is -2.42. The van der Waals surface area contributed by atoms with Gasteiger partial charge in [-0.25, -0.2) is 4.79 Å². The molecule has 45 heavy (non-hydrogen) atoms. The number of anilines is 1. The monoisotopic (exact) mass is 634 g/mol. The number of amides is 1. The molecule has 234 valence electrons. The van der Waals surface area contributed by atoms with Crippen molar-refractivity contribution in [1.29, 1.82) is 0 Å². The van der Waals surface area contributed by atoms with Crippen LogP contribution < -0.4 is 20.5 Å². The van der Waals surface area contributed by atoms with Crippen molar-refractivity contribution in [3.05, 3.63) is 118 Å². The van der Waals surface area contributed by atoms with Crippen molar-refractivity contribution in [2.45, 2.75) is 43.3 Å². The Kier molecular flexibility index (Phi) is 9.71. The second-order valence-corrected chi connectivity index (χ2v) is 11.1. The molecule has 3 aromatic carbocycles. The van der Waals surface area contributed by atoms with E-state index in [0.717, 1.165) is 0 Å². The Morgan fingerprint density at radius 3 is 2.02 bits per heavy atom. The Labute approximate surface area is 260 Å². The van der Waals surface area contributed by atoms with E-state index >= 15 is 0 Å². The molecule has 1 aliphatic rings. The second kappa shape index (κ2) is 13.7. The van der Waals surface area contributed by atoms with E-state index in [1.165, 1.54) is 23.8 Å². The SMILES string of the molecule is COc1ccc(C(c2ccccc2)(c2ccc(OC)cc2)C(O)[C@H]2O[C@@H](n3ccc(NC(C)=O)nc3=O)C[C@@H]2O[P+](=O)O)cc1. The third kappa shape index (κ3) is 6.51. The number of carbonyl (C=O) groups is 1. The van der Waals surface area contributed by atoms with Crippen LogP contribution in [0.4, 0.5) is 5.82 Å². The number of hydrogen-bond donors (Lipinski definition) is 3. The predicted octanol–water partition coefficient (Wildman–Crippen LogP) is 3.94. The number of rotatable bonds is 11. The fourth-order valence-electron chi connectivity index (χ4n) is 5.88. The third-order valence-corrected chi connectivity index (χ3v) is 8.31. The molecule has 1 amide bonds. The van der Waals surface area contributed by atoms with Crippen molar-refractivity contribution in [3.8, 4) is 11.5 Å². The molecule has 0 aliphatic carbocycles. The zero-order valence-electron chi connectivity index (χ0n) is 24.8. The van der Waals surface area contributed by atoms with Crippen LogP contribution in [0.25, 0.3) is 0 Å². The fourth-order valence-corrected chi connectivity index (χ4v) is 6.32. The third-order valence-electron chi connectivity index (χ3n) is 7.86. The van der Waals surface area contributed by atoms with E-state index in [1.807, 2.05) is 54.6 Å². The standard InChI is InChI=1S/C32H32N3O9P/c1-20(36)33-27-17-18-35(31(38)34-27)28-19-26(44-45(39)40)29(43-28)30(37)32(21-7-5-4-6-8-21,22-9-13-24(41-2)14-10-22)23-11-15-25(42-3)16-12-23/h4-18,26,28-30,37H,19H2,1-3H3,(H-,33,34,36,38,39,40)/p+1/t26-,28+,29-,30?/m0/s1. The van der Waals surface area contributed by atoms with E-state index < -0.39 is 49.8 Å². The molecule has 0 bridgehead atoms. The number of hydrogen-bond acceptors (Lipinski definition) is 9. The van der Waals surface area contributed by atoms with Gasteiger partial charge in [-0.3, -0.25) is 9.36 Å². The van der Waals surface area contributed by atoms with Gasteiger partial charge in [-0.05, 0) is 47.0 Å². The first kappa shape index (κ1) is 32.0. The van der Waals surface area contributed by atoms with Crippen molar-refractivity contribution in [3.63, 3.8) is 0 Å². The van der Waals surface area contributed by atoms with Crippen LogP contribution in [0, 0.1) is 0 Å². The minimum atomic E-state index is -3.11. The predicted molar refractivity (Wildman–Crippen MR) is 164 cm³/mol. The molecule has 0 radical (unpaired) electrons. The van der Waals surface area contributed by atoms with Gasteiger partial charge < -0.3 is 24.6 Å². The van der Waals surface area contributed by atoms with E-state index in [1.54, 1.807) is 38.5 Å². The summed E-state index contributed by atoms with van der Waals surface area (Å²) >= 11 is 0. The molecule has 5 rings (SSSR count). The van der Waals surface area contributed by atoms with Gasteiger partial charge in [-0.15, -0.1) is 9.42 Å². The summed E-state index contributed by atoms with van der Waals surface area (Å²) in [5.41, 5.74) is -0.00561. The van der Waals surface area contributed by atoms with E-state index in [0.29, 0.717) is 28.2 Å². The summed E-state index contributed by atoms with van der Waals surface area (Å²) in [6.45, 7) is 1.29. The highest BCUT2D eigenvalue weighted by Crippen LogP contribution is 2.48.